The Morgan fingerprint density at radius 1 is 1.21 bits per heavy atom. The van der Waals surface area contributed by atoms with Crippen LogP contribution in [0.4, 0.5) is 5.69 Å². The van der Waals surface area contributed by atoms with E-state index in [0.29, 0.717) is 12.4 Å². The minimum Gasteiger partial charge on any atom is -0.326 e. The van der Waals surface area contributed by atoms with Gasteiger partial charge in [-0.05, 0) is 37.0 Å². The van der Waals surface area contributed by atoms with Crippen LogP contribution in [0.2, 0.25) is 0 Å². The van der Waals surface area contributed by atoms with E-state index in [4.69, 9.17) is 4.98 Å². The van der Waals surface area contributed by atoms with Crippen molar-refractivity contribution in [1.29, 1.82) is 0 Å². The molecule has 0 atom stereocenters. The number of aliphatic imine (C=N–C) groups is 1. The minimum atomic E-state index is -0.0781. The lowest BCUT2D eigenvalue weighted by molar-refractivity contribution is -0.114. The molecule has 2 aliphatic rings. The van der Waals surface area contributed by atoms with Crippen molar-refractivity contribution >= 4 is 17.3 Å². The molecule has 146 valence electrons. The molecular weight excluding hydrogens is 354 g/mol. The van der Waals surface area contributed by atoms with E-state index < -0.39 is 0 Å². The summed E-state index contributed by atoms with van der Waals surface area (Å²) in [5, 5.41) is 2.77. The smallest absolute Gasteiger partial charge is 0.255 e. The van der Waals surface area contributed by atoms with Crippen LogP contribution in [0.15, 0.2) is 34.1 Å². The number of H-pyrrole nitrogens is 1. The second kappa shape index (κ2) is 8.06. The molecule has 7 heteroatoms. The van der Waals surface area contributed by atoms with Gasteiger partial charge in [0.1, 0.15) is 0 Å². The number of hydrogen-bond donors (Lipinski definition) is 2. The molecule has 1 aromatic carbocycles. The number of carbonyl (C=O) groups is 1. The fourth-order valence-electron chi connectivity index (χ4n) is 3.80. The normalized spacial score (nSPS) is 17.0. The van der Waals surface area contributed by atoms with Crippen LogP contribution in [0, 0.1) is 0 Å². The molecule has 1 amide bonds. The van der Waals surface area contributed by atoms with Gasteiger partial charge >= 0.3 is 0 Å². The first-order chi connectivity index (χ1) is 13.6. The fourth-order valence-corrected chi connectivity index (χ4v) is 3.80. The van der Waals surface area contributed by atoms with Gasteiger partial charge in [0.05, 0.1) is 17.0 Å². The number of aromatic nitrogens is 2. The van der Waals surface area contributed by atoms with Gasteiger partial charge in [0.15, 0.2) is 5.82 Å². The molecule has 28 heavy (non-hydrogen) atoms. The maximum Gasteiger partial charge on any atom is 0.255 e. The molecule has 4 rings (SSSR count). The Hall–Kier alpha value is -2.80. The second-order valence-electron chi connectivity index (χ2n) is 7.46. The van der Waals surface area contributed by atoms with Crippen LogP contribution in [0.3, 0.4) is 0 Å². The lowest BCUT2D eigenvalue weighted by Gasteiger charge is -2.28. The summed E-state index contributed by atoms with van der Waals surface area (Å²) >= 11 is 0. The van der Waals surface area contributed by atoms with Crippen molar-refractivity contribution in [3.05, 3.63) is 57.3 Å². The zero-order valence-electron chi connectivity index (χ0n) is 16.1. The molecule has 7 nitrogen and oxygen atoms in total. The lowest BCUT2D eigenvalue weighted by Crippen LogP contribution is -2.36. The van der Waals surface area contributed by atoms with Crippen LogP contribution in [0.25, 0.3) is 0 Å². The number of nitrogens with zero attached hydrogens (tertiary/aromatic N) is 3. The molecule has 0 radical (unpaired) electrons. The molecule has 0 aliphatic carbocycles. The molecule has 2 aromatic rings. The van der Waals surface area contributed by atoms with Crippen LogP contribution in [-0.2, 0) is 24.3 Å². The summed E-state index contributed by atoms with van der Waals surface area (Å²) in [6.45, 7) is 4.54. The highest BCUT2D eigenvalue weighted by atomic mass is 16.1. The third-order valence-corrected chi connectivity index (χ3v) is 5.23. The monoisotopic (exact) mass is 379 g/mol. The maximum absolute atomic E-state index is 12.7. The predicted octanol–water partition coefficient (Wildman–Crippen LogP) is 2.26. The number of amides is 1. The molecule has 3 heterocycles. The predicted molar refractivity (Wildman–Crippen MR) is 109 cm³/mol. The first-order valence-corrected chi connectivity index (χ1v) is 9.83. The number of hydrogen-bond acceptors (Lipinski definition) is 5. The van der Waals surface area contributed by atoms with E-state index in [2.05, 4.69) is 20.2 Å². The van der Waals surface area contributed by atoms with E-state index in [1.54, 1.807) is 0 Å². The van der Waals surface area contributed by atoms with Crippen molar-refractivity contribution in [3.63, 3.8) is 0 Å². The van der Waals surface area contributed by atoms with Gasteiger partial charge in [-0.25, -0.2) is 4.98 Å². The molecule has 0 unspecified atom stereocenters. The van der Waals surface area contributed by atoms with Crippen LogP contribution >= 0.6 is 0 Å². The number of aromatic amines is 1. The second-order valence-corrected chi connectivity index (χ2v) is 7.46. The zero-order chi connectivity index (χ0) is 19.5. The molecule has 0 bridgehead atoms. The Bertz CT molecular complexity index is 962. The van der Waals surface area contributed by atoms with Crippen molar-refractivity contribution in [2.45, 2.75) is 45.7 Å². The average molecular weight is 379 g/mol. The lowest BCUT2D eigenvalue weighted by atomic mass is 10.0. The molecule has 0 saturated carbocycles. The van der Waals surface area contributed by atoms with Gasteiger partial charge in [-0.1, -0.05) is 12.1 Å². The van der Waals surface area contributed by atoms with Gasteiger partial charge in [-0.3, -0.25) is 19.5 Å². The van der Waals surface area contributed by atoms with Gasteiger partial charge < -0.3 is 10.3 Å². The van der Waals surface area contributed by atoms with Crippen molar-refractivity contribution in [2.24, 2.45) is 4.99 Å². The standard InChI is InChI=1S/C21H25N5O2/c1-14(27)23-16-7-5-15(6-8-16)12-26-11-9-18-17(13-26)21(28)25-20(24-18)19-4-2-3-10-22-19/h5-8H,2-4,9-13H2,1H3,(H,23,27)(H,24,25,28). The van der Waals surface area contributed by atoms with E-state index in [1.807, 2.05) is 24.3 Å². The largest absolute Gasteiger partial charge is 0.326 e. The van der Waals surface area contributed by atoms with Crippen LogP contribution < -0.4 is 10.9 Å². The summed E-state index contributed by atoms with van der Waals surface area (Å²) in [5.74, 6) is 0.580. The Balaban J connectivity index is 1.47. The number of fused-ring (bicyclic) bond motifs is 1. The molecule has 0 fully saturated rings. The summed E-state index contributed by atoms with van der Waals surface area (Å²) in [7, 11) is 0. The molecule has 2 aliphatic heterocycles. The third-order valence-electron chi connectivity index (χ3n) is 5.23. The van der Waals surface area contributed by atoms with Crippen LogP contribution in [0.5, 0.6) is 0 Å². The summed E-state index contributed by atoms with van der Waals surface area (Å²) in [5.41, 5.74) is 4.51. The van der Waals surface area contributed by atoms with E-state index in [9.17, 15) is 9.59 Å². The quantitative estimate of drug-likeness (QED) is 0.853. The first-order valence-electron chi connectivity index (χ1n) is 9.83. The highest BCUT2D eigenvalue weighted by molar-refractivity contribution is 5.97. The molecular formula is C21H25N5O2. The van der Waals surface area contributed by atoms with E-state index in [1.165, 1.54) is 6.92 Å². The molecule has 0 spiro atoms. The van der Waals surface area contributed by atoms with E-state index >= 15 is 0 Å². The number of benzene rings is 1. The maximum atomic E-state index is 12.7. The van der Waals surface area contributed by atoms with E-state index in [-0.39, 0.29) is 11.5 Å². The number of rotatable bonds is 4. The number of carbonyl (C=O) groups excluding carboxylic acids is 1. The zero-order valence-corrected chi connectivity index (χ0v) is 16.1. The van der Waals surface area contributed by atoms with Crippen molar-refractivity contribution in [1.82, 2.24) is 14.9 Å². The van der Waals surface area contributed by atoms with Crippen molar-refractivity contribution in [3.8, 4) is 0 Å². The Morgan fingerprint density at radius 3 is 2.75 bits per heavy atom. The van der Waals surface area contributed by atoms with Crippen LogP contribution in [0.1, 0.15) is 48.8 Å². The van der Waals surface area contributed by atoms with Gasteiger partial charge in [-0.15, -0.1) is 0 Å². The first kappa shape index (κ1) is 18.6. The van der Waals surface area contributed by atoms with Gasteiger partial charge in [0, 0.05) is 45.2 Å². The van der Waals surface area contributed by atoms with Crippen LogP contribution in [-0.4, -0.2) is 39.6 Å². The topological polar surface area (TPSA) is 90.4 Å². The Labute approximate surface area is 163 Å². The average Bonchev–Trinajstić information content (AvgIpc) is 2.70. The molecule has 1 aromatic heterocycles. The van der Waals surface area contributed by atoms with Crippen molar-refractivity contribution < 1.29 is 4.79 Å². The highest BCUT2D eigenvalue weighted by Crippen LogP contribution is 2.19. The SMILES string of the molecule is CC(=O)Nc1ccc(CN2CCc3nc(C4=NCCCC4)[nH]c(=O)c3C2)cc1. The Morgan fingerprint density at radius 2 is 2.04 bits per heavy atom. The Kier molecular flexibility index (Phi) is 5.34. The summed E-state index contributed by atoms with van der Waals surface area (Å²) < 4.78 is 0. The summed E-state index contributed by atoms with van der Waals surface area (Å²) in [4.78, 5) is 38.2. The summed E-state index contributed by atoms with van der Waals surface area (Å²) in [6.07, 6.45) is 3.87. The number of nitrogens with one attached hydrogen (secondary N) is 2. The molecule has 0 saturated heterocycles. The van der Waals surface area contributed by atoms with E-state index in [0.717, 1.165) is 73.5 Å². The van der Waals surface area contributed by atoms with Gasteiger partial charge in [0.2, 0.25) is 5.91 Å². The fraction of sp³-hybridized carbons (Fsp3) is 0.429. The number of anilines is 1. The highest BCUT2D eigenvalue weighted by Gasteiger charge is 2.22. The summed E-state index contributed by atoms with van der Waals surface area (Å²) in [6, 6.07) is 7.82. The molecule has 2 N–H and O–H groups in total. The van der Waals surface area contributed by atoms with Gasteiger partial charge in [0.25, 0.3) is 5.56 Å². The minimum absolute atomic E-state index is 0.0426. The van der Waals surface area contributed by atoms with Crippen molar-refractivity contribution in [2.75, 3.05) is 18.4 Å². The third kappa shape index (κ3) is 4.20. The van der Waals surface area contributed by atoms with Gasteiger partial charge in [-0.2, -0.15) is 0 Å².